The first kappa shape index (κ1) is 17.7. The lowest BCUT2D eigenvalue weighted by Gasteiger charge is -2.35. The molecule has 3 aromatic rings. The van der Waals surface area contributed by atoms with Crippen LogP contribution in [0, 0.1) is 0 Å². The summed E-state index contributed by atoms with van der Waals surface area (Å²) < 4.78 is 2.16. The number of nitrogens with zero attached hydrogens (tertiary/aromatic N) is 3. The minimum atomic E-state index is 0.0982. The van der Waals surface area contributed by atoms with Crippen LogP contribution in [0.3, 0.4) is 0 Å². The van der Waals surface area contributed by atoms with Gasteiger partial charge in [0.15, 0.2) is 0 Å². The molecule has 1 aliphatic rings. The monoisotopic (exact) mass is 389 g/mol. The molecule has 4 nitrogen and oxygen atoms in total. The topological polar surface area (TPSA) is 41.3 Å². The predicted molar refractivity (Wildman–Crippen MR) is 107 cm³/mol. The normalized spacial score (nSPS) is 17.8. The van der Waals surface area contributed by atoms with Crippen LogP contribution in [-0.4, -0.2) is 33.9 Å². The summed E-state index contributed by atoms with van der Waals surface area (Å²) in [6.07, 6.45) is 3.22. The van der Waals surface area contributed by atoms with Gasteiger partial charge in [0.05, 0.1) is 30.2 Å². The second-order valence-corrected chi connectivity index (χ2v) is 7.53. The number of halogens is 2. The number of aromatic nitrogens is 2. The van der Waals surface area contributed by atoms with Gasteiger partial charge in [0, 0.05) is 22.2 Å². The number of anilines is 1. The molecule has 1 atom stereocenters. The molecule has 0 saturated carbocycles. The molecule has 0 spiro atoms. The van der Waals surface area contributed by atoms with Crippen molar-refractivity contribution in [2.75, 3.05) is 18.1 Å². The lowest BCUT2D eigenvalue weighted by atomic mass is 10.0. The van der Waals surface area contributed by atoms with Crippen LogP contribution in [0.15, 0.2) is 42.5 Å². The third kappa shape index (κ3) is 3.18. The molecule has 2 heterocycles. The molecule has 26 heavy (non-hydrogen) atoms. The predicted octanol–water partition coefficient (Wildman–Crippen LogP) is 4.74. The summed E-state index contributed by atoms with van der Waals surface area (Å²) in [6, 6.07) is 13.8. The summed E-state index contributed by atoms with van der Waals surface area (Å²) in [4.78, 5) is 7.11. The molecule has 1 aromatic heterocycles. The van der Waals surface area contributed by atoms with E-state index in [-0.39, 0.29) is 12.6 Å². The molecular formula is C20H21Cl2N3O. The molecule has 6 heteroatoms. The number of piperidine rings is 1. The quantitative estimate of drug-likeness (QED) is 0.700. The van der Waals surface area contributed by atoms with Crippen molar-refractivity contribution < 1.29 is 5.11 Å². The maximum absolute atomic E-state index is 9.85. The fourth-order valence-electron chi connectivity index (χ4n) is 3.73. The number of para-hydroxylation sites is 2. The van der Waals surface area contributed by atoms with Crippen LogP contribution in [0.1, 0.15) is 24.8 Å². The average Bonchev–Trinajstić information content (AvgIpc) is 3.03. The van der Waals surface area contributed by atoms with E-state index in [9.17, 15) is 5.11 Å². The molecule has 1 fully saturated rings. The van der Waals surface area contributed by atoms with E-state index >= 15 is 0 Å². The summed E-state index contributed by atoms with van der Waals surface area (Å²) >= 11 is 12.8. The summed E-state index contributed by atoms with van der Waals surface area (Å²) in [6.45, 7) is 1.57. The van der Waals surface area contributed by atoms with Gasteiger partial charge in [-0.2, -0.15) is 0 Å². The summed E-state index contributed by atoms with van der Waals surface area (Å²) in [5.41, 5.74) is 2.87. The highest BCUT2D eigenvalue weighted by Gasteiger charge is 2.27. The Balaban J connectivity index is 1.84. The number of hydrogen-bond acceptors (Lipinski definition) is 3. The van der Waals surface area contributed by atoms with Gasteiger partial charge in [-0.15, -0.1) is 0 Å². The van der Waals surface area contributed by atoms with Crippen LogP contribution >= 0.6 is 23.2 Å². The Kier molecular flexibility index (Phi) is 5.07. The first-order valence-electron chi connectivity index (χ1n) is 8.94. The number of imidazole rings is 1. The van der Waals surface area contributed by atoms with Crippen molar-refractivity contribution in [1.29, 1.82) is 0 Å². The van der Waals surface area contributed by atoms with Gasteiger partial charge in [-0.1, -0.05) is 41.4 Å². The number of fused-ring (bicyclic) bond motifs is 1. The van der Waals surface area contributed by atoms with Crippen molar-refractivity contribution in [2.24, 2.45) is 0 Å². The Morgan fingerprint density at radius 3 is 2.58 bits per heavy atom. The molecule has 4 rings (SSSR count). The van der Waals surface area contributed by atoms with Crippen LogP contribution in [0.5, 0.6) is 0 Å². The standard InChI is InChI=1S/C20H21Cl2N3O/c21-16-7-5-8-17(22)15(16)12-25-19-10-2-1-9-18(19)23-20(25)24-11-4-3-6-14(24)13-26/h1-2,5,7-10,14,26H,3-4,6,11-13H2/t14-/m0/s1. The lowest BCUT2D eigenvalue weighted by molar-refractivity contribution is 0.238. The molecule has 0 radical (unpaired) electrons. The SMILES string of the molecule is OC[C@@H]1CCCCN1c1nc2ccccc2n1Cc1c(Cl)cccc1Cl. The summed E-state index contributed by atoms with van der Waals surface area (Å²) in [7, 11) is 0. The molecule has 0 bridgehead atoms. The minimum absolute atomic E-state index is 0.0982. The van der Waals surface area contributed by atoms with E-state index in [4.69, 9.17) is 28.2 Å². The maximum Gasteiger partial charge on any atom is 0.207 e. The fraction of sp³-hybridized carbons (Fsp3) is 0.350. The van der Waals surface area contributed by atoms with Gasteiger partial charge in [0.25, 0.3) is 0 Å². The Morgan fingerprint density at radius 2 is 1.81 bits per heavy atom. The second kappa shape index (κ2) is 7.47. The number of aliphatic hydroxyl groups excluding tert-OH is 1. The van der Waals surface area contributed by atoms with E-state index in [2.05, 4.69) is 15.5 Å². The summed E-state index contributed by atoms with van der Waals surface area (Å²) in [5, 5.41) is 11.1. The smallest absolute Gasteiger partial charge is 0.207 e. The van der Waals surface area contributed by atoms with Gasteiger partial charge < -0.3 is 14.6 Å². The molecule has 1 aliphatic heterocycles. The fourth-order valence-corrected chi connectivity index (χ4v) is 4.25. The molecule has 0 unspecified atom stereocenters. The highest BCUT2D eigenvalue weighted by Crippen LogP contribution is 2.32. The van der Waals surface area contributed by atoms with Crippen LogP contribution in [0.2, 0.25) is 10.0 Å². The van der Waals surface area contributed by atoms with Gasteiger partial charge in [0.1, 0.15) is 0 Å². The number of rotatable bonds is 4. The van der Waals surface area contributed by atoms with E-state index in [1.165, 1.54) is 0 Å². The molecule has 0 aliphatic carbocycles. The van der Waals surface area contributed by atoms with Gasteiger partial charge >= 0.3 is 0 Å². The van der Waals surface area contributed by atoms with Gasteiger partial charge in [-0.05, 0) is 43.5 Å². The highest BCUT2D eigenvalue weighted by atomic mass is 35.5. The zero-order chi connectivity index (χ0) is 18.1. The zero-order valence-electron chi connectivity index (χ0n) is 14.4. The Bertz CT molecular complexity index is 904. The van der Waals surface area contributed by atoms with E-state index in [1.807, 2.05) is 36.4 Å². The van der Waals surface area contributed by atoms with E-state index in [0.29, 0.717) is 16.6 Å². The van der Waals surface area contributed by atoms with Gasteiger partial charge in [-0.3, -0.25) is 0 Å². The van der Waals surface area contributed by atoms with Crippen LogP contribution < -0.4 is 4.90 Å². The molecule has 136 valence electrons. The van der Waals surface area contributed by atoms with Crippen molar-refractivity contribution in [2.45, 2.75) is 31.8 Å². The third-order valence-electron chi connectivity index (χ3n) is 5.11. The third-order valence-corrected chi connectivity index (χ3v) is 5.82. The van der Waals surface area contributed by atoms with Crippen molar-refractivity contribution in [3.63, 3.8) is 0 Å². The summed E-state index contributed by atoms with van der Waals surface area (Å²) in [5.74, 6) is 0.876. The number of hydrogen-bond donors (Lipinski definition) is 1. The van der Waals surface area contributed by atoms with Crippen molar-refractivity contribution in [3.8, 4) is 0 Å². The highest BCUT2D eigenvalue weighted by molar-refractivity contribution is 6.36. The van der Waals surface area contributed by atoms with Crippen molar-refractivity contribution in [1.82, 2.24) is 9.55 Å². The molecule has 1 N–H and O–H groups in total. The number of aliphatic hydroxyl groups is 1. The van der Waals surface area contributed by atoms with Crippen molar-refractivity contribution in [3.05, 3.63) is 58.1 Å². The largest absolute Gasteiger partial charge is 0.394 e. The zero-order valence-corrected chi connectivity index (χ0v) is 15.9. The first-order valence-corrected chi connectivity index (χ1v) is 9.70. The Morgan fingerprint density at radius 1 is 1.04 bits per heavy atom. The van der Waals surface area contributed by atoms with E-state index in [1.54, 1.807) is 0 Å². The van der Waals surface area contributed by atoms with Crippen LogP contribution in [-0.2, 0) is 6.54 Å². The van der Waals surface area contributed by atoms with Crippen molar-refractivity contribution >= 4 is 40.2 Å². The molecule has 2 aromatic carbocycles. The van der Waals surface area contributed by atoms with Gasteiger partial charge in [0.2, 0.25) is 5.95 Å². The first-order chi connectivity index (χ1) is 12.7. The van der Waals surface area contributed by atoms with Crippen LogP contribution in [0.25, 0.3) is 11.0 Å². The average molecular weight is 390 g/mol. The maximum atomic E-state index is 9.85. The molecule has 0 amide bonds. The second-order valence-electron chi connectivity index (χ2n) is 6.71. The molecular weight excluding hydrogens is 369 g/mol. The Labute approximate surface area is 163 Å². The van der Waals surface area contributed by atoms with Crippen LogP contribution in [0.4, 0.5) is 5.95 Å². The number of benzene rings is 2. The molecule has 1 saturated heterocycles. The lowest BCUT2D eigenvalue weighted by Crippen LogP contribution is -2.43. The Hall–Kier alpha value is -1.75. The van der Waals surface area contributed by atoms with E-state index < -0.39 is 0 Å². The van der Waals surface area contributed by atoms with Gasteiger partial charge in [-0.25, -0.2) is 4.98 Å². The minimum Gasteiger partial charge on any atom is -0.394 e. The van der Waals surface area contributed by atoms with E-state index in [0.717, 1.165) is 48.4 Å².